The van der Waals surface area contributed by atoms with Crippen molar-refractivity contribution < 1.29 is 13.6 Å². The van der Waals surface area contributed by atoms with E-state index in [0.717, 1.165) is 23.9 Å². The van der Waals surface area contributed by atoms with Gasteiger partial charge in [0.15, 0.2) is 5.16 Å². The Morgan fingerprint density at radius 1 is 1.19 bits per heavy atom. The molecule has 0 radical (unpaired) electrons. The molecule has 1 heterocycles. The highest BCUT2D eigenvalue weighted by atomic mass is 35.5. The van der Waals surface area contributed by atoms with E-state index >= 15 is 0 Å². The van der Waals surface area contributed by atoms with Crippen molar-refractivity contribution in [3.05, 3.63) is 70.5 Å². The lowest BCUT2D eigenvalue weighted by molar-refractivity contribution is -0.115. The zero-order valence-electron chi connectivity index (χ0n) is 13.9. The van der Waals surface area contributed by atoms with Gasteiger partial charge in [-0.25, -0.2) is 13.8 Å². The van der Waals surface area contributed by atoms with Crippen molar-refractivity contribution in [2.24, 2.45) is 0 Å². The van der Waals surface area contributed by atoms with Gasteiger partial charge in [0, 0.05) is 12.4 Å². The molecule has 0 bridgehead atoms. The molecule has 9 heteroatoms. The van der Waals surface area contributed by atoms with Crippen molar-refractivity contribution >= 4 is 46.6 Å². The number of anilines is 1. The summed E-state index contributed by atoms with van der Waals surface area (Å²) in [6.45, 7) is 1.61. The molecule has 3 rings (SSSR count). The van der Waals surface area contributed by atoms with Gasteiger partial charge in [0.25, 0.3) is 0 Å². The number of halogens is 4. The largest absolute Gasteiger partial charge is 0.320 e. The highest BCUT2D eigenvalue weighted by molar-refractivity contribution is 8.00. The molecule has 0 saturated carbocycles. The Morgan fingerprint density at radius 2 is 1.85 bits per heavy atom. The van der Waals surface area contributed by atoms with Gasteiger partial charge in [-0.05, 0) is 31.2 Å². The van der Waals surface area contributed by atoms with Gasteiger partial charge in [0.2, 0.25) is 5.91 Å². The second-order valence-electron chi connectivity index (χ2n) is 5.50. The third-order valence-corrected chi connectivity index (χ3v) is 5.55. The number of nitrogens with one attached hydrogen (secondary N) is 1. The maximum Gasteiger partial charge on any atom is 0.237 e. The molecule has 3 aromatic rings. The summed E-state index contributed by atoms with van der Waals surface area (Å²) in [5.74, 6) is -2.24. The van der Waals surface area contributed by atoms with Crippen LogP contribution in [0.25, 0.3) is 5.69 Å². The summed E-state index contributed by atoms with van der Waals surface area (Å²) in [6.07, 6.45) is 3.24. The van der Waals surface area contributed by atoms with Crippen LogP contribution in [-0.4, -0.2) is 20.7 Å². The zero-order chi connectivity index (χ0) is 19.6. The van der Waals surface area contributed by atoms with E-state index in [1.54, 1.807) is 42.1 Å². The minimum absolute atomic E-state index is 0.351. The van der Waals surface area contributed by atoms with Crippen molar-refractivity contribution in [3.8, 4) is 5.69 Å². The predicted molar refractivity (Wildman–Crippen MR) is 104 cm³/mol. The average Bonchev–Trinajstić information content (AvgIpc) is 3.08. The number of aromatic nitrogens is 2. The van der Waals surface area contributed by atoms with E-state index < -0.39 is 28.5 Å². The van der Waals surface area contributed by atoms with Crippen LogP contribution in [0.2, 0.25) is 10.0 Å². The minimum Gasteiger partial charge on any atom is -0.320 e. The van der Waals surface area contributed by atoms with E-state index in [2.05, 4.69) is 10.3 Å². The first-order valence-electron chi connectivity index (χ1n) is 7.77. The van der Waals surface area contributed by atoms with E-state index in [1.807, 2.05) is 0 Å². The zero-order valence-corrected chi connectivity index (χ0v) is 16.2. The maximum atomic E-state index is 13.7. The molecule has 4 nitrogen and oxygen atoms in total. The number of nitrogens with zero attached hydrogens (tertiary/aromatic N) is 2. The molecule has 1 aromatic heterocycles. The number of hydrogen-bond acceptors (Lipinski definition) is 3. The van der Waals surface area contributed by atoms with Crippen molar-refractivity contribution in [1.82, 2.24) is 9.55 Å². The van der Waals surface area contributed by atoms with Crippen LogP contribution >= 0.6 is 35.0 Å². The molecule has 140 valence electrons. The van der Waals surface area contributed by atoms with Gasteiger partial charge in [-0.3, -0.25) is 9.36 Å². The van der Waals surface area contributed by atoms with Crippen molar-refractivity contribution in [2.75, 3.05) is 5.32 Å². The molecule has 1 N–H and O–H groups in total. The highest BCUT2D eigenvalue weighted by Gasteiger charge is 2.21. The Kier molecular flexibility index (Phi) is 6.04. The number of para-hydroxylation sites is 1. The van der Waals surface area contributed by atoms with Crippen molar-refractivity contribution in [1.29, 1.82) is 0 Å². The smallest absolute Gasteiger partial charge is 0.237 e. The van der Waals surface area contributed by atoms with Crippen LogP contribution in [0, 0.1) is 11.6 Å². The van der Waals surface area contributed by atoms with Gasteiger partial charge in [-0.1, -0.05) is 47.1 Å². The molecule has 0 saturated heterocycles. The summed E-state index contributed by atoms with van der Waals surface area (Å²) < 4.78 is 29.1. The molecular formula is C18H13Cl2F2N3OS. The fourth-order valence-corrected chi connectivity index (χ4v) is 3.56. The fraction of sp³-hybridized carbons (Fsp3) is 0.111. The molecule has 1 unspecified atom stereocenters. The number of thioether (sulfide) groups is 1. The van der Waals surface area contributed by atoms with Crippen LogP contribution in [0.3, 0.4) is 0 Å². The average molecular weight is 428 g/mol. The van der Waals surface area contributed by atoms with Crippen LogP contribution in [0.4, 0.5) is 14.5 Å². The topological polar surface area (TPSA) is 46.9 Å². The normalized spacial score (nSPS) is 12.0. The van der Waals surface area contributed by atoms with Gasteiger partial charge in [-0.15, -0.1) is 0 Å². The number of imidazole rings is 1. The number of benzene rings is 2. The Morgan fingerprint density at radius 3 is 2.56 bits per heavy atom. The maximum absolute atomic E-state index is 13.7. The summed E-state index contributed by atoms with van der Waals surface area (Å²) in [5, 5.41) is 2.82. The lowest BCUT2D eigenvalue weighted by Crippen LogP contribution is -2.24. The molecule has 0 aliphatic carbocycles. The number of carbonyl (C=O) groups is 1. The van der Waals surface area contributed by atoms with Crippen molar-refractivity contribution in [2.45, 2.75) is 17.3 Å². The molecular weight excluding hydrogens is 415 g/mol. The van der Waals surface area contributed by atoms with Gasteiger partial charge in [-0.2, -0.15) is 0 Å². The van der Waals surface area contributed by atoms with Gasteiger partial charge >= 0.3 is 0 Å². The second-order valence-corrected chi connectivity index (χ2v) is 7.59. The Hall–Kier alpha value is -2.09. The number of hydrogen-bond donors (Lipinski definition) is 1. The van der Waals surface area contributed by atoms with Gasteiger partial charge in [0.05, 0.1) is 21.0 Å². The van der Waals surface area contributed by atoms with Crippen LogP contribution < -0.4 is 5.32 Å². The SMILES string of the molecule is CC(Sc1nccn1-c1cccc(Cl)c1Cl)C(=O)Nc1c(F)cccc1F. The standard InChI is InChI=1S/C18H13Cl2F2N3OS/c1-10(17(26)24-16-12(21)5-3-6-13(16)22)27-18-23-8-9-25(18)14-7-2-4-11(19)15(14)20/h2-10H,1H3,(H,24,26). The number of amides is 1. The Bertz CT molecular complexity index is 976. The predicted octanol–water partition coefficient (Wildman–Crippen LogP) is 5.58. The summed E-state index contributed by atoms with van der Waals surface area (Å²) in [7, 11) is 0. The summed E-state index contributed by atoms with van der Waals surface area (Å²) in [6, 6.07) is 8.55. The Labute approximate surface area is 168 Å². The quantitative estimate of drug-likeness (QED) is 0.540. The van der Waals surface area contributed by atoms with Crippen LogP contribution in [-0.2, 0) is 4.79 Å². The van der Waals surface area contributed by atoms with Crippen molar-refractivity contribution in [3.63, 3.8) is 0 Å². The molecule has 1 atom stereocenters. The first-order valence-corrected chi connectivity index (χ1v) is 9.41. The molecule has 0 aliphatic heterocycles. The van der Waals surface area contributed by atoms with Gasteiger partial charge < -0.3 is 5.32 Å². The molecule has 0 aliphatic rings. The molecule has 2 aromatic carbocycles. The first-order chi connectivity index (χ1) is 12.9. The van der Waals surface area contributed by atoms with E-state index in [1.165, 1.54) is 6.07 Å². The van der Waals surface area contributed by atoms with E-state index in [-0.39, 0.29) is 0 Å². The third kappa shape index (κ3) is 4.26. The molecule has 0 fully saturated rings. The summed E-state index contributed by atoms with van der Waals surface area (Å²) in [4.78, 5) is 16.6. The minimum atomic E-state index is -0.840. The second kappa shape index (κ2) is 8.29. The number of rotatable bonds is 5. The lowest BCUT2D eigenvalue weighted by Gasteiger charge is -2.14. The lowest BCUT2D eigenvalue weighted by atomic mass is 10.3. The van der Waals surface area contributed by atoms with E-state index in [0.29, 0.717) is 20.9 Å². The third-order valence-electron chi connectivity index (χ3n) is 3.66. The first kappa shape index (κ1) is 19.7. The number of carbonyl (C=O) groups excluding carboxylic acids is 1. The summed E-state index contributed by atoms with van der Waals surface area (Å²) >= 11 is 13.4. The van der Waals surface area contributed by atoms with Crippen LogP contribution in [0.1, 0.15) is 6.92 Å². The van der Waals surface area contributed by atoms with Crippen LogP contribution in [0.15, 0.2) is 53.9 Å². The molecule has 27 heavy (non-hydrogen) atoms. The summed E-state index contributed by atoms with van der Waals surface area (Å²) in [5.41, 5.74) is 0.133. The van der Waals surface area contributed by atoms with E-state index in [4.69, 9.17) is 23.2 Å². The molecule has 0 spiro atoms. The Balaban J connectivity index is 1.79. The molecule has 1 amide bonds. The fourth-order valence-electron chi connectivity index (χ4n) is 2.29. The van der Waals surface area contributed by atoms with E-state index in [9.17, 15) is 13.6 Å². The highest BCUT2D eigenvalue weighted by Crippen LogP contribution is 2.32. The monoisotopic (exact) mass is 427 g/mol. The van der Waals surface area contributed by atoms with Gasteiger partial charge in [0.1, 0.15) is 17.3 Å². The van der Waals surface area contributed by atoms with Crippen LogP contribution in [0.5, 0.6) is 0 Å².